The van der Waals surface area contributed by atoms with Gasteiger partial charge in [-0.3, -0.25) is 9.59 Å². The maximum Gasteiger partial charge on any atom is 0.279 e. The number of amides is 2. The van der Waals surface area contributed by atoms with E-state index in [2.05, 4.69) is 11.1 Å². The molecule has 18 heavy (non-hydrogen) atoms. The molecule has 2 amide bonds. The second-order valence-electron chi connectivity index (χ2n) is 4.03. The van der Waals surface area contributed by atoms with E-state index in [4.69, 9.17) is 10.8 Å². The second-order valence-corrected chi connectivity index (χ2v) is 4.03. The largest absolute Gasteiger partial charge is 0.394 e. The molecule has 0 spiro atoms. The molecule has 7 N–H and O–H groups in total. The number of aliphatic hydroxyl groups is 1. The first-order valence-corrected chi connectivity index (χ1v) is 5.62. The van der Waals surface area contributed by atoms with E-state index in [-0.39, 0.29) is 0 Å². The molecule has 6 heteroatoms. The van der Waals surface area contributed by atoms with Gasteiger partial charge in [0.1, 0.15) is 6.04 Å². The lowest BCUT2D eigenvalue weighted by atomic mass is 10.1. The standard InChI is InChI=1S/C12H17N3O3/c13-9(6-8-4-2-1-3-5-8)12(18)15-10(7-16)11(14)17/h1-5,9-10,16H,6-7,13H2,(H2,14,17)(H,15,18)/p+1/t9-,10-/m0/s1. The Hall–Kier alpha value is -1.92. The first-order valence-electron chi connectivity index (χ1n) is 5.62. The van der Waals surface area contributed by atoms with Crippen molar-refractivity contribution in [2.75, 3.05) is 6.61 Å². The molecule has 0 aromatic heterocycles. The SMILES string of the molecule is NC(=O)[C@H](CO)NC(=O)[C@@H]([NH3+])Cc1ccccc1. The average Bonchev–Trinajstić information content (AvgIpc) is 2.36. The zero-order valence-electron chi connectivity index (χ0n) is 10.0. The van der Waals surface area contributed by atoms with Crippen molar-refractivity contribution in [3.8, 4) is 0 Å². The van der Waals surface area contributed by atoms with E-state index in [1.165, 1.54) is 0 Å². The van der Waals surface area contributed by atoms with E-state index in [0.29, 0.717) is 6.42 Å². The van der Waals surface area contributed by atoms with Crippen molar-refractivity contribution in [2.45, 2.75) is 18.5 Å². The molecule has 1 aromatic carbocycles. The van der Waals surface area contributed by atoms with E-state index < -0.39 is 30.5 Å². The molecule has 0 aliphatic carbocycles. The van der Waals surface area contributed by atoms with Crippen LogP contribution in [0.25, 0.3) is 0 Å². The van der Waals surface area contributed by atoms with E-state index in [1.807, 2.05) is 30.3 Å². The van der Waals surface area contributed by atoms with Crippen LogP contribution < -0.4 is 16.8 Å². The zero-order chi connectivity index (χ0) is 13.5. The minimum Gasteiger partial charge on any atom is -0.394 e. The molecule has 0 aliphatic rings. The number of benzene rings is 1. The molecule has 0 unspecified atom stereocenters. The van der Waals surface area contributed by atoms with Crippen LogP contribution in [0.2, 0.25) is 0 Å². The molecule has 1 rings (SSSR count). The number of nitrogens with two attached hydrogens (primary N) is 1. The van der Waals surface area contributed by atoms with Crippen LogP contribution >= 0.6 is 0 Å². The fourth-order valence-electron chi connectivity index (χ4n) is 1.49. The third kappa shape index (κ3) is 4.15. The normalized spacial score (nSPS) is 13.7. The highest BCUT2D eigenvalue weighted by atomic mass is 16.3. The van der Waals surface area contributed by atoms with Gasteiger partial charge in [0, 0.05) is 6.42 Å². The van der Waals surface area contributed by atoms with Crippen molar-refractivity contribution in [3.63, 3.8) is 0 Å². The monoisotopic (exact) mass is 252 g/mol. The maximum atomic E-state index is 11.7. The lowest BCUT2D eigenvalue weighted by Crippen LogP contribution is -2.69. The van der Waals surface area contributed by atoms with Gasteiger partial charge in [-0.25, -0.2) is 0 Å². The van der Waals surface area contributed by atoms with Crippen molar-refractivity contribution in [3.05, 3.63) is 35.9 Å². The van der Waals surface area contributed by atoms with Crippen LogP contribution in [0.3, 0.4) is 0 Å². The summed E-state index contributed by atoms with van der Waals surface area (Å²) in [5.74, 6) is -1.17. The minimum atomic E-state index is -1.06. The fourth-order valence-corrected chi connectivity index (χ4v) is 1.49. The molecular weight excluding hydrogens is 234 g/mol. The van der Waals surface area contributed by atoms with Crippen LogP contribution in [0.1, 0.15) is 5.56 Å². The Labute approximate surface area is 105 Å². The lowest BCUT2D eigenvalue weighted by molar-refractivity contribution is -0.403. The Kier molecular flexibility index (Phi) is 5.29. The van der Waals surface area contributed by atoms with Crippen molar-refractivity contribution in [1.29, 1.82) is 0 Å². The highest BCUT2D eigenvalue weighted by molar-refractivity contribution is 5.88. The first kappa shape index (κ1) is 14.1. The van der Waals surface area contributed by atoms with Gasteiger partial charge in [0.05, 0.1) is 6.61 Å². The summed E-state index contributed by atoms with van der Waals surface area (Å²) in [5.41, 5.74) is 9.73. The quantitative estimate of drug-likeness (QED) is 0.460. The summed E-state index contributed by atoms with van der Waals surface area (Å²) >= 11 is 0. The van der Waals surface area contributed by atoms with Gasteiger partial charge < -0.3 is 21.9 Å². The first-order chi connectivity index (χ1) is 8.54. The third-order valence-corrected chi connectivity index (χ3v) is 2.54. The molecule has 0 radical (unpaired) electrons. The summed E-state index contributed by atoms with van der Waals surface area (Å²) in [6.45, 7) is -0.515. The highest BCUT2D eigenvalue weighted by Gasteiger charge is 2.23. The van der Waals surface area contributed by atoms with Crippen LogP contribution in [0.5, 0.6) is 0 Å². The number of hydrogen-bond donors (Lipinski definition) is 4. The molecule has 0 aliphatic heterocycles. The summed E-state index contributed by atoms with van der Waals surface area (Å²) in [6, 6.07) is 7.82. The average molecular weight is 252 g/mol. The van der Waals surface area contributed by atoms with Crippen LogP contribution in [0.15, 0.2) is 30.3 Å². The molecule has 0 heterocycles. The number of primary amides is 1. The summed E-state index contributed by atoms with van der Waals surface area (Å²) in [4.78, 5) is 22.6. The topological polar surface area (TPSA) is 120 Å². The number of aliphatic hydroxyl groups excluding tert-OH is 1. The molecule has 98 valence electrons. The van der Waals surface area contributed by atoms with Gasteiger partial charge in [-0.05, 0) is 5.56 Å². The molecule has 0 saturated carbocycles. The smallest absolute Gasteiger partial charge is 0.279 e. The van der Waals surface area contributed by atoms with E-state index in [1.54, 1.807) is 0 Å². The van der Waals surface area contributed by atoms with Crippen molar-refractivity contribution in [1.82, 2.24) is 5.32 Å². The molecule has 0 fully saturated rings. The van der Waals surface area contributed by atoms with Gasteiger partial charge in [-0.1, -0.05) is 30.3 Å². The summed E-state index contributed by atoms with van der Waals surface area (Å²) in [7, 11) is 0. The van der Waals surface area contributed by atoms with Gasteiger partial charge in [0.15, 0.2) is 6.04 Å². The molecule has 0 bridgehead atoms. The zero-order valence-corrected chi connectivity index (χ0v) is 10.0. The Morgan fingerprint density at radius 3 is 2.44 bits per heavy atom. The van der Waals surface area contributed by atoms with E-state index in [0.717, 1.165) is 5.56 Å². The summed E-state index contributed by atoms with van der Waals surface area (Å²) < 4.78 is 0. The van der Waals surface area contributed by atoms with Crippen molar-refractivity contribution < 1.29 is 20.4 Å². The van der Waals surface area contributed by atoms with E-state index in [9.17, 15) is 9.59 Å². The predicted octanol–water partition coefficient (Wildman–Crippen LogP) is -2.20. The lowest BCUT2D eigenvalue weighted by Gasteiger charge is -2.14. The number of quaternary nitrogens is 1. The maximum absolute atomic E-state index is 11.7. The van der Waals surface area contributed by atoms with Crippen molar-refractivity contribution in [2.24, 2.45) is 5.73 Å². The second kappa shape index (κ2) is 6.73. The summed E-state index contributed by atoms with van der Waals surface area (Å²) in [5, 5.41) is 11.2. The molecule has 6 nitrogen and oxygen atoms in total. The van der Waals surface area contributed by atoms with Gasteiger partial charge >= 0.3 is 0 Å². The van der Waals surface area contributed by atoms with Crippen LogP contribution in [-0.2, 0) is 16.0 Å². The Bertz CT molecular complexity index is 408. The minimum absolute atomic E-state index is 0.406. The summed E-state index contributed by atoms with van der Waals surface area (Å²) in [6.07, 6.45) is 0.462. The van der Waals surface area contributed by atoms with Crippen molar-refractivity contribution >= 4 is 11.8 Å². The Morgan fingerprint density at radius 1 is 1.33 bits per heavy atom. The number of carbonyl (C=O) groups excluding carboxylic acids is 2. The van der Waals surface area contributed by atoms with Crippen LogP contribution in [-0.4, -0.2) is 35.6 Å². The van der Waals surface area contributed by atoms with Crippen LogP contribution in [0.4, 0.5) is 0 Å². The van der Waals surface area contributed by atoms with Gasteiger partial charge in [-0.2, -0.15) is 0 Å². The molecular formula is C12H18N3O3+. The van der Waals surface area contributed by atoms with E-state index >= 15 is 0 Å². The highest BCUT2D eigenvalue weighted by Crippen LogP contribution is 2.01. The molecule has 0 saturated heterocycles. The Balaban J connectivity index is 2.54. The number of nitrogens with one attached hydrogen (secondary N) is 1. The molecule has 1 aromatic rings. The van der Waals surface area contributed by atoms with Crippen LogP contribution in [0, 0.1) is 0 Å². The van der Waals surface area contributed by atoms with Gasteiger partial charge in [0.25, 0.3) is 5.91 Å². The third-order valence-electron chi connectivity index (χ3n) is 2.54. The van der Waals surface area contributed by atoms with Gasteiger partial charge in [-0.15, -0.1) is 0 Å². The predicted molar refractivity (Wildman–Crippen MR) is 65.0 cm³/mol. The van der Waals surface area contributed by atoms with Gasteiger partial charge in [0.2, 0.25) is 5.91 Å². The number of rotatable bonds is 6. The fraction of sp³-hybridized carbons (Fsp3) is 0.333. The number of carbonyl (C=O) groups is 2. The number of hydrogen-bond acceptors (Lipinski definition) is 3. The Morgan fingerprint density at radius 2 is 1.94 bits per heavy atom. The molecule has 2 atom stereocenters.